The summed E-state index contributed by atoms with van der Waals surface area (Å²) in [6.07, 6.45) is 0. The molecule has 0 fully saturated rings. The van der Waals surface area contributed by atoms with Crippen molar-refractivity contribution < 1.29 is 12.8 Å². The van der Waals surface area contributed by atoms with Crippen LogP contribution in [0.4, 0.5) is 4.39 Å². The third kappa shape index (κ3) is 5.03. The maximum atomic E-state index is 13.3. The average Bonchev–Trinajstić information content (AvgIpc) is 2.37. The molecule has 1 N–H and O–H groups in total. The molecule has 0 spiro atoms. The highest BCUT2D eigenvalue weighted by atomic mass is 32.2. The van der Waals surface area contributed by atoms with E-state index in [1.165, 1.54) is 23.5 Å². The molecule has 0 saturated heterocycles. The Hall–Kier alpha value is -1.02. The molecular formula is C14H24FN3O2S. The zero-order valence-corrected chi connectivity index (χ0v) is 14.0. The second-order valence-electron chi connectivity index (χ2n) is 5.50. The van der Waals surface area contributed by atoms with E-state index in [9.17, 15) is 12.8 Å². The largest absolute Gasteiger partial charge is 0.301 e. The van der Waals surface area contributed by atoms with Crippen molar-refractivity contribution in [2.24, 2.45) is 0 Å². The summed E-state index contributed by atoms with van der Waals surface area (Å²) >= 11 is 0. The SMILES string of the molecule is CC(C)N(C)S(=O)(=O)NC[C@@H](c1cccc(F)c1)N(C)C. The Kier molecular flexibility index (Phi) is 6.27. The van der Waals surface area contributed by atoms with Crippen LogP contribution < -0.4 is 4.72 Å². The molecule has 1 aromatic carbocycles. The Morgan fingerprint density at radius 3 is 2.33 bits per heavy atom. The van der Waals surface area contributed by atoms with Crippen LogP contribution in [-0.4, -0.2) is 51.4 Å². The van der Waals surface area contributed by atoms with Crippen LogP contribution in [0.1, 0.15) is 25.5 Å². The van der Waals surface area contributed by atoms with Gasteiger partial charge in [0, 0.05) is 25.7 Å². The number of hydrogen-bond donors (Lipinski definition) is 1. The molecule has 0 unspecified atom stereocenters. The first-order valence-electron chi connectivity index (χ1n) is 6.79. The van der Waals surface area contributed by atoms with Crippen LogP contribution in [-0.2, 0) is 10.2 Å². The van der Waals surface area contributed by atoms with Gasteiger partial charge in [0.1, 0.15) is 5.82 Å². The van der Waals surface area contributed by atoms with Crippen molar-refractivity contribution in [3.8, 4) is 0 Å². The number of likely N-dealkylation sites (N-methyl/N-ethyl adjacent to an activating group) is 1. The number of hydrogen-bond acceptors (Lipinski definition) is 3. The molecule has 21 heavy (non-hydrogen) atoms. The van der Waals surface area contributed by atoms with Gasteiger partial charge in [0.2, 0.25) is 0 Å². The Morgan fingerprint density at radius 1 is 1.24 bits per heavy atom. The van der Waals surface area contributed by atoms with Crippen LogP contribution >= 0.6 is 0 Å². The van der Waals surface area contributed by atoms with Gasteiger partial charge >= 0.3 is 0 Å². The Labute approximate surface area is 126 Å². The summed E-state index contributed by atoms with van der Waals surface area (Å²) in [5, 5.41) is 0. The molecule has 1 aromatic rings. The van der Waals surface area contributed by atoms with Crippen molar-refractivity contribution in [2.45, 2.75) is 25.9 Å². The van der Waals surface area contributed by atoms with E-state index in [-0.39, 0.29) is 24.4 Å². The molecule has 1 rings (SSSR count). The summed E-state index contributed by atoms with van der Waals surface area (Å²) in [6.45, 7) is 3.78. The van der Waals surface area contributed by atoms with Gasteiger partial charge in [0.15, 0.2) is 0 Å². The fraction of sp³-hybridized carbons (Fsp3) is 0.571. The molecule has 0 aliphatic heterocycles. The third-order valence-electron chi connectivity index (χ3n) is 3.42. The molecule has 0 bridgehead atoms. The zero-order chi connectivity index (χ0) is 16.2. The van der Waals surface area contributed by atoms with Crippen molar-refractivity contribution in [1.82, 2.24) is 13.9 Å². The van der Waals surface area contributed by atoms with E-state index >= 15 is 0 Å². The van der Waals surface area contributed by atoms with Crippen LogP contribution in [0.3, 0.4) is 0 Å². The number of nitrogens with zero attached hydrogens (tertiary/aromatic N) is 2. The minimum Gasteiger partial charge on any atom is -0.301 e. The van der Waals surface area contributed by atoms with Crippen LogP contribution in [0.5, 0.6) is 0 Å². The number of rotatable bonds is 7. The molecule has 0 amide bonds. The van der Waals surface area contributed by atoms with E-state index in [1.807, 2.05) is 19.0 Å². The molecule has 0 heterocycles. The maximum absolute atomic E-state index is 13.3. The number of halogens is 1. The predicted octanol–water partition coefficient (Wildman–Crippen LogP) is 1.60. The highest BCUT2D eigenvalue weighted by Gasteiger charge is 2.23. The molecule has 0 aliphatic carbocycles. The lowest BCUT2D eigenvalue weighted by Crippen LogP contribution is -2.44. The minimum absolute atomic E-state index is 0.130. The summed E-state index contributed by atoms with van der Waals surface area (Å²) in [7, 11) is 1.64. The molecule has 7 heteroatoms. The van der Waals surface area contributed by atoms with E-state index in [1.54, 1.807) is 26.0 Å². The topological polar surface area (TPSA) is 52.7 Å². The first-order chi connectivity index (χ1) is 9.65. The summed E-state index contributed by atoms with van der Waals surface area (Å²) in [6, 6.07) is 5.83. The lowest BCUT2D eigenvalue weighted by atomic mass is 10.1. The molecule has 0 aliphatic rings. The van der Waals surface area contributed by atoms with E-state index < -0.39 is 10.2 Å². The first kappa shape index (κ1) is 18.0. The second kappa shape index (κ2) is 7.31. The van der Waals surface area contributed by atoms with Gasteiger partial charge in [0.05, 0.1) is 0 Å². The normalized spacial score (nSPS) is 14.1. The van der Waals surface area contributed by atoms with Gasteiger partial charge in [-0.15, -0.1) is 0 Å². The van der Waals surface area contributed by atoms with Crippen molar-refractivity contribution in [3.05, 3.63) is 35.6 Å². The predicted molar refractivity (Wildman–Crippen MR) is 82.6 cm³/mol. The zero-order valence-electron chi connectivity index (χ0n) is 13.2. The second-order valence-corrected chi connectivity index (χ2v) is 7.31. The smallest absolute Gasteiger partial charge is 0.279 e. The van der Waals surface area contributed by atoms with Crippen LogP contribution in [0.25, 0.3) is 0 Å². The average molecular weight is 317 g/mol. The van der Waals surface area contributed by atoms with E-state index in [2.05, 4.69) is 4.72 Å². The van der Waals surface area contributed by atoms with Gasteiger partial charge in [-0.1, -0.05) is 12.1 Å². The van der Waals surface area contributed by atoms with E-state index in [0.717, 1.165) is 5.56 Å². The monoisotopic (exact) mass is 317 g/mol. The third-order valence-corrected chi connectivity index (χ3v) is 5.13. The summed E-state index contributed by atoms with van der Waals surface area (Å²) < 4.78 is 41.4. The van der Waals surface area contributed by atoms with Crippen LogP contribution in [0, 0.1) is 5.82 Å². The molecule has 0 saturated carbocycles. The molecule has 5 nitrogen and oxygen atoms in total. The van der Waals surface area contributed by atoms with Crippen molar-refractivity contribution >= 4 is 10.2 Å². The van der Waals surface area contributed by atoms with Crippen LogP contribution in [0.2, 0.25) is 0 Å². The van der Waals surface area contributed by atoms with E-state index in [0.29, 0.717) is 0 Å². The minimum atomic E-state index is -3.54. The molecular weight excluding hydrogens is 293 g/mol. The highest BCUT2D eigenvalue weighted by Crippen LogP contribution is 2.18. The van der Waals surface area contributed by atoms with Crippen molar-refractivity contribution in [3.63, 3.8) is 0 Å². The fourth-order valence-corrected chi connectivity index (χ4v) is 3.00. The van der Waals surface area contributed by atoms with Gasteiger partial charge in [0.25, 0.3) is 10.2 Å². The molecule has 1 atom stereocenters. The Bertz CT molecular complexity index is 561. The summed E-state index contributed by atoms with van der Waals surface area (Å²) in [5.74, 6) is -0.332. The lowest BCUT2D eigenvalue weighted by molar-refractivity contribution is 0.295. The van der Waals surface area contributed by atoms with E-state index in [4.69, 9.17) is 0 Å². The maximum Gasteiger partial charge on any atom is 0.279 e. The Balaban J connectivity index is 2.87. The van der Waals surface area contributed by atoms with Crippen molar-refractivity contribution in [1.29, 1.82) is 0 Å². The first-order valence-corrected chi connectivity index (χ1v) is 8.23. The Morgan fingerprint density at radius 2 is 1.86 bits per heavy atom. The standard InChI is InChI=1S/C14H24FN3O2S/c1-11(2)18(5)21(19,20)16-10-14(17(3)4)12-7-6-8-13(15)9-12/h6-9,11,14,16H,10H2,1-5H3/t14-/m0/s1. The quantitative estimate of drug-likeness (QED) is 0.831. The highest BCUT2D eigenvalue weighted by molar-refractivity contribution is 7.87. The molecule has 0 aromatic heterocycles. The van der Waals surface area contributed by atoms with Gasteiger partial charge in [-0.3, -0.25) is 0 Å². The summed E-state index contributed by atoms with van der Waals surface area (Å²) in [5.41, 5.74) is 0.731. The molecule has 120 valence electrons. The molecule has 0 radical (unpaired) electrons. The van der Waals surface area contributed by atoms with Crippen molar-refractivity contribution in [2.75, 3.05) is 27.7 Å². The number of benzene rings is 1. The van der Waals surface area contributed by atoms with Gasteiger partial charge in [-0.05, 0) is 45.6 Å². The fourth-order valence-electron chi connectivity index (χ4n) is 1.88. The summed E-state index contributed by atoms with van der Waals surface area (Å²) in [4.78, 5) is 1.85. The van der Waals surface area contributed by atoms with Gasteiger partial charge < -0.3 is 4.90 Å². The lowest BCUT2D eigenvalue weighted by Gasteiger charge is -2.27. The van der Waals surface area contributed by atoms with Gasteiger partial charge in [-0.2, -0.15) is 12.7 Å². The number of nitrogens with one attached hydrogen (secondary N) is 1. The van der Waals surface area contributed by atoms with Crippen LogP contribution in [0.15, 0.2) is 24.3 Å². The van der Waals surface area contributed by atoms with Gasteiger partial charge in [-0.25, -0.2) is 9.11 Å².